The molecule has 0 unspecified atom stereocenters. The lowest BCUT2D eigenvalue weighted by Crippen LogP contribution is -2.25. The third kappa shape index (κ3) is 5.52. The minimum atomic E-state index is -0.112. The van der Waals surface area contributed by atoms with Gasteiger partial charge in [0.1, 0.15) is 18.2 Å². The zero-order valence-electron chi connectivity index (χ0n) is 18.8. The fourth-order valence-corrected chi connectivity index (χ4v) is 3.97. The molecular weight excluding hydrogens is 436 g/mol. The van der Waals surface area contributed by atoms with Crippen molar-refractivity contribution in [1.29, 1.82) is 0 Å². The van der Waals surface area contributed by atoms with Crippen molar-refractivity contribution in [3.05, 3.63) is 88.5 Å². The van der Waals surface area contributed by atoms with Crippen LogP contribution in [-0.4, -0.2) is 33.6 Å². The van der Waals surface area contributed by atoms with Crippen LogP contribution in [0.1, 0.15) is 33.7 Å². The van der Waals surface area contributed by atoms with Gasteiger partial charge in [-0.2, -0.15) is 0 Å². The smallest absolute Gasteiger partial charge is 0.252 e. The first-order valence-electron chi connectivity index (χ1n) is 11.0. The molecule has 0 aliphatic rings. The first-order chi connectivity index (χ1) is 16.0. The topological polar surface area (TPSA) is 69.0 Å². The van der Waals surface area contributed by atoms with Gasteiger partial charge in [-0.15, -0.1) is 0 Å². The molecule has 0 aliphatic carbocycles. The maximum absolute atomic E-state index is 12.2. The summed E-state index contributed by atoms with van der Waals surface area (Å²) in [7, 11) is 0. The number of hydrogen-bond donors (Lipinski definition) is 1. The van der Waals surface area contributed by atoms with E-state index in [1.807, 2.05) is 44.2 Å². The van der Waals surface area contributed by atoms with Crippen LogP contribution in [0.3, 0.4) is 0 Å². The number of hydrogen-bond acceptors (Lipinski definition) is 4. The summed E-state index contributed by atoms with van der Waals surface area (Å²) in [6.07, 6.45) is 4.76. The van der Waals surface area contributed by atoms with Gasteiger partial charge in [-0.25, -0.2) is 4.98 Å². The number of halogens is 1. The number of ether oxygens (including phenoxy) is 1. The zero-order valence-corrected chi connectivity index (χ0v) is 19.6. The first-order valence-corrected chi connectivity index (χ1v) is 11.4. The predicted octanol–water partition coefficient (Wildman–Crippen LogP) is 5.14. The van der Waals surface area contributed by atoms with Gasteiger partial charge in [0.25, 0.3) is 5.91 Å². The Labute approximate surface area is 198 Å². The van der Waals surface area contributed by atoms with Crippen molar-refractivity contribution in [2.24, 2.45) is 0 Å². The number of imidazole rings is 1. The highest BCUT2D eigenvalue weighted by Crippen LogP contribution is 2.26. The molecule has 0 fully saturated rings. The molecule has 0 spiro atoms. The molecule has 0 radical (unpaired) electrons. The molecule has 6 nitrogen and oxygen atoms in total. The molecule has 0 bridgehead atoms. The maximum Gasteiger partial charge on any atom is 0.252 e. The van der Waals surface area contributed by atoms with E-state index in [1.54, 1.807) is 24.5 Å². The molecule has 0 saturated carbocycles. The van der Waals surface area contributed by atoms with Crippen molar-refractivity contribution >= 4 is 28.5 Å². The Morgan fingerprint density at radius 1 is 1.12 bits per heavy atom. The second-order valence-electron chi connectivity index (χ2n) is 7.99. The highest BCUT2D eigenvalue weighted by molar-refractivity contribution is 6.32. The number of nitrogens with zero attached hydrogens (tertiary/aromatic N) is 3. The van der Waals surface area contributed by atoms with Crippen LogP contribution in [0.15, 0.2) is 60.9 Å². The molecule has 7 heteroatoms. The Morgan fingerprint density at radius 3 is 2.67 bits per heavy atom. The van der Waals surface area contributed by atoms with E-state index in [4.69, 9.17) is 21.3 Å². The Bertz CT molecular complexity index is 1230. The van der Waals surface area contributed by atoms with Gasteiger partial charge in [-0.1, -0.05) is 23.7 Å². The number of amides is 1. The van der Waals surface area contributed by atoms with Crippen molar-refractivity contribution in [2.75, 3.05) is 13.2 Å². The summed E-state index contributed by atoms with van der Waals surface area (Å²) >= 11 is 6.27. The van der Waals surface area contributed by atoms with Crippen LogP contribution in [0.4, 0.5) is 0 Å². The summed E-state index contributed by atoms with van der Waals surface area (Å²) in [6, 6.07) is 15.6. The van der Waals surface area contributed by atoms with Gasteiger partial charge < -0.3 is 14.6 Å². The molecular formula is C26H27ClN4O2. The number of aromatic nitrogens is 3. The van der Waals surface area contributed by atoms with E-state index in [0.717, 1.165) is 51.6 Å². The van der Waals surface area contributed by atoms with E-state index in [9.17, 15) is 4.79 Å². The average molecular weight is 463 g/mol. The molecule has 33 heavy (non-hydrogen) atoms. The van der Waals surface area contributed by atoms with Gasteiger partial charge in [-0.05, 0) is 67.8 Å². The molecule has 2 aromatic carbocycles. The summed E-state index contributed by atoms with van der Waals surface area (Å²) < 4.78 is 8.24. The summed E-state index contributed by atoms with van der Waals surface area (Å²) in [5.41, 5.74) is 4.63. The lowest BCUT2D eigenvalue weighted by molar-refractivity contribution is 0.0952. The third-order valence-corrected chi connectivity index (χ3v) is 6.11. The van der Waals surface area contributed by atoms with Crippen molar-refractivity contribution in [2.45, 2.75) is 33.2 Å². The Hall–Kier alpha value is -3.38. The molecule has 1 amide bonds. The van der Waals surface area contributed by atoms with Crippen molar-refractivity contribution in [3.63, 3.8) is 0 Å². The molecule has 2 aromatic heterocycles. The maximum atomic E-state index is 12.2. The van der Waals surface area contributed by atoms with E-state index in [2.05, 4.69) is 20.9 Å². The minimum absolute atomic E-state index is 0.112. The lowest BCUT2D eigenvalue weighted by Gasteiger charge is -2.13. The van der Waals surface area contributed by atoms with E-state index in [-0.39, 0.29) is 5.91 Å². The summed E-state index contributed by atoms with van der Waals surface area (Å²) in [5.74, 6) is 1.69. The summed E-state index contributed by atoms with van der Waals surface area (Å²) in [6.45, 7) is 5.73. The fraction of sp³-hybridized carbons (Fsp3) is 0.269. The van der Waals surface area contributed by atoms with E-state index < -0.39 is 0 Å². The third-order valence-electron chi connectivity index (χ3n) is 5.51. The van der Waals surface area contributed by atoms with Gasteiger partial charge in [0.15, 0.2) is 0 Å². The van der Waals surface area contributed by atoms with E-state index in [1.165, 1.54) is 0 Å². The van der Waals surface area contributed by atoms with Crippen LogP contribution in [0, 0.1) is 13.8 Å². The largest absolute Gasteiger partial charge is 0.492 e. The van der Waals surface area contributed by atoms with Gasteiger partial charge in [0.05, 0.1) is 23.1 Å². The number of carbonyl (C=O) groups excluding carboxylic acids is 1. The van der Waals surface area contributed by atoms with E-state index >= 15 is 0 Å². The number of pyridine rings is 1. The number of aryl methyl sites for hydroxylation is 3. The number of rotatable bonds is 9. The molecule has 4 rings (SSSR count). The minimum Gasteiger partial charge on any atom is -0.492 e. The molecule has 0 saturated heterocycles. The number of nitrogens with one attached hydrogen (secondary N) is 1. The van der Waals surface area contributed by atoms with Crippen LogP contribution in [0.25, 0.3) is 11.0 Å². The molecule has 4 aromatic rings. The van der Waals surface area contributed by atoms with Gasteiger partial charge >= 0.3 is 0 Å². The molecule has 170 valence electrons. The standard InChI is InChI=1S/C26H27ClN4O2/c1-18-15-21(16-19(2)25(18)27)33-14-13-31-23-9-4-3-8-22(23)30-24(31)10-6-12-29-26(32)20-7-5-11-28-17-20/h3-5,7-9,11,15-17H,6,10,12-14H2,1-2H3,(H,29,32). The van der Waals surface area contributed by atoms with Crippen LogP contribution < -0.4 is 10.1 Å². The Morgan fingerprint density at radius 2 is 1.91 bits per heavy atom. The number of fused-ring (bicyclic) bond motifs is 1. The number of para-hydroxylation sites is 2. The van der Waals surface area contributed by atoms with Gasteiger partial charge in [-0.3, -0.25) is 9.78 Å². The monoisotopic (exact) mass is 462 g/mol. The molecule has 0 atom stereocenters. The first kappa shape index (κ1) is 22.8. The highest BCUT2D eigenvalue weighted by Gasteiger charge is 2.12. The second-order valence-corrected chi connectivity index (χ2v) is 8.37. The van der Waals surface area contributed by atoms with Gasteiger partial charge in [0.2, 0.25) is 0 Å². The fourth-order valence-electron chi connectivity index (χ4n) is 3.86. The zero-order chi connectivity index (χ0) is 23.2. The van der Waals surface area contributed by atoms with Crippen LogP contribution in [-0.2, 0) is 13.0 Å². The highest BCUT2D eigenvalue weighted by atomic mass is 35.5. The van der Waals surface area contributed by atoms with Gasteiger partial charge in [0, 0.05) is 30.4 Å². The van der Waals surface area contributed by atoms with Crippen LogP contribution >= 0.6 is 11.6 Å². The molecule has 2 heterocycles. The van der Waals surface area contributed by atoms with Crippen LogP contribution in [0.2, 0.25) is 5.02 Å². The quantitative estimate of drug-likeness (QED) is 0.349. The SMILES string of the molecule is Cc1cc(OCCn2c(CCCNC(=O)c3cccnc3)nc3ccccc32)cc(C)c1Cl. The Balaban J connectivity index is 1.39. The van der Waals surface area contributed by atoms with Crippen molar-refractivity contribution < 1.29 is 9.53 Å². The molecule has 0 aliphatic heterocycles. The molecule has 1 N–H and O–H groups in total. The van der Waals surface area contributed by atoms with Crippen molar-refractivity contribution in [3.8, 4) is 5.75 Å². The van der Waals surface area contributed by atoms with Crippen molar-refractivity contribution in [1.82, 2.24) is 19.9 Å². The second kappa shape index (κ2) is 10.5. The Kier molecular flexibility index (Phi) is 7.25. The number of benzene rings is 2. The summed E-state index contributed by atoms with van der Waals surface area (Å²) in [4.78, 5) is 21.0. The average Bonchev–Trinajstić information content (AvgIpc) is 3.18. The normalized spacial score (nSPS) is 11.0. The summed E-state index contributed by atoms with van der Waals surface area (Å²) in [5, 5.41) is 3.73. The van der Waals surface area contributed by atoms with Crippen LogP contribution in [0.5, 0.6) is 5.75 Å². The van der Waals surface area contributed by atoms with E-state index in [0.29, 0.717) is 25.3 Å². The number of carbonyl (C=O) groups is 1. The predicted molar refractivity (Wildman–Crippen MR) is 131 cm³/mol. The lowest BCUT2D eigenvalue weighted by atomic mass is 10.1.